The number of nitrogens with one attached hydrogen (secondary N) is 2. The van der Waals surface area contributed by atoms with Gasteiger partial charge in [-0.3, -0.25) is 4.79 Å². The van der Waals surface area contributed by atoms with E-state index < -0.39 is 0 Å². The van der Waals surface area contributed by atoms with Crippen LogP contribution in [0.1, 0.15) is 16.1 Å². The van der Waals surface area contributed by atoms with Crippen LogP contribution in [0.5, 0.6) is 0 Å². The SMILES string of the molecule is O=C(NCc1cc[nH]c1)c1occc1Br. The van der Waals surface area contributed by atoms with Gasteiger partial charge < -0.3 is 14.7 Å². The molecule has 5 heteroatoms. The van der Waals surface area contributed by atoms with Crippen molar-refractivity contribution in [3.05, 3.63) is 46.6 Å². The van der Waals surface area contributed by atoms with E-state index >= 15 is 0 Å². The van der Waals surface area contributed by atoms with Gasteiger partial charge in [-0.15, -0.1) is 0 Å². The van der Waals surface area contributed by atoms with Crippen molar-refractivity contribution in [1.82, 2.24) is 10.3 Å². The van der Waals surface area contributed by atoms with E-state index in [1.54, 1.807) is 6.07 Å². The van der Waals surface area contributed by atoms with Gasteiger partial charge in [-0.1, -0.05) is 0 Å². The van der Waals surface area contributed by atoms with Gasteiger partial charge in [0.05, 0.1) is 10.7 Å². The Kier molecular flexibility index (Phi) is 2.91. The number of carbonyl (C=O) groups excluding carboxylic acids is 1. The summed E-state index contributed by atoms with van der Waals surface area (Å²) in [4.78, 5) is 14.5. The summed E-state index contributed by atoms with van der Waals surface area (Å²) in [5.74, 6) is 0.0682. The molecule has 2 N–H and O–H groups in total. The smallest absolute Gasteiger partial charge is 0.288 e. The minimum Gasteiger partial charge on any atom is -0.458 e. The Labute approximate surface area is 94.8 Å². The van der Waals surface area contributed by atoms with Crippen molar-refractivity contribution in [1.29, 1.82) is 0 Å². The van der Waals surface area contributed by atoms with Gasteiger partial charge >= 0.3 is 0 Å². The molecule has 2 aromatic rings. The summed E-state index contributed by atoms with van der Waals surface area (Å²) in [5, 5.41) is 2.75. The number of carbonyl (C=O) groups is 1. The maximum atomic E-state index is 11.6. The highest BCUT2D eigenvalue weighted by atomic mass is 79.9. The average molecular weight is 269 g/mol. The molecule has 0 radical (unpaired) electrons. The van der Waals surface area contributed by atoms with Gasteiger partial charge in [-0.2, -0.15) is 0 Å². The van der Waals surface area contributed by atoms with Crippen LogP contribution in [-0.4, -0.2) is 10.9 Å². The van der Waals surface area contributed by atoms with Crippen molar-refractivity contribution in [2.24, 2.45) is 0 Å². The zero-order chi connectivity index (χ0) is 10.7. The summed E-state index contributed by atoms with van der Waals surface area (Å²) in [7, 11) is 0. The van der Waals surface area contributed by atoms with Gasteiger partial charge in [0, 0.05) is 18.9 Å². The van der Waals surface area contributed by atoms with Gasteiger partial charge in [0.25, 0.3) is 5.91 Å². The lowest BCUT2D eigenvalue weighted by Crippen LogP contribution is -2.22. The monoisotopic (exact) mass is 268 g/mol. The molecule has 0 fully saturated rings. The first-order valence-corrected chi connectivity index (χ1v) is 5.19. The van der Waals surface area contributed by atoms with E-state index in [2.05, 4.69) is 26.2 Å². The van der Waals surface area contributed by atoms with Crippen molar-refractivity contribution in [3.63, 3.8) is 0 Å². The third-order valence-corrected chi connectivity index (χ3v) is 2.56. The largest absolute Gasteiger partial charge is 0.458 e. The number of aromatic nitrogens is 1. The Morgan fingerprint density at radius 1 is 1.53 bits per heavy atom. The molecule has 78 valence electrons. The summed E-state index contributed by atoms with van der Waals surface area (Å²) < 4.78 is 5.69. The minimum absolute atomic E-state index is 0.229. The lowest BCUT2D eigenvalue weighted by Gasteiger charge is -2.00. The topological polar surface area (TPSA) is 58.0 Å². The third-order valence-electron chi connectivity index (χ3n) is 1.94. The normalized spacial score (nSPS) is 10.2. The van der Waals surface area contributed by atoms with Gasteiger partial charge in [-0.05, 0) is 33.6 Å². The van der Waals surface area contributed by atoms with Crippen LogP contribution in [-0.2, 0) is 6.54 Å². The Morgan fingerprint density at radius 2 is 2.40 bits per heavy atom. The summed E-state index contributed by atoms with van der Waals surface area (Å²) in [6.07, 6.45) is 5.11. The molecular weight excluding hydrogens is 260 g/mol. The molecular formula is C10H9BrN2O2. The van der Waals surface area contributed by atoms with Crippen LogP contribution < -0.4 is 5.32 Å². The van der Waals surface area contributed by atoms with E-state index in [9.17, 15) is 4.79 Å². The van der Waals surface area contributed by atoms with Crippen molar-refractivity contribution < 1.29 is 9.21 Å². The molecule has 0 aromatic carbocycles. The second kappa shape index (κ2) is 4.35. The van der Waals surface area contributed by atoms with Crippen molar-refractivity contribution in [3.8, 4) is 0 Å². The van der Waals surface area contributed by atoms with E-state index in [0.29, 0.717) is 16.8 Å². The lowest BCUT2D eigenvalue weighted by atomic mass is 10.3. The summed E-state index contributed by atoms with van der Waals surface area (Å²) in [6.45, 7) is 0.482. The Morgan fingerprint density at radius 3 is 3.00 bits per heavy atom. The van der Waals surface area contributed by atoms with Crippen molar-refractivity contribution in [2.75, 3.05) is 0 Å². The zero-order valence-corrected chi connectivity index (χ0v) is 9.37. The molecule has 0 saturated heterocycles. The van der Waals surface area contributed by atoms with Crippen LogP contribution in [0.4, 0.5) is 0 Å². The highest BCUT2D eigenvalue weighted by Crippen LogP contribution is 2.17. The molecule has 15 heavy (non-hydrogen) atoms. The van der Waals surface area contributed by atoms with Gasteiger partial charge in [0.2, 0.25) is 5.76 Å². The maximum absolute atomic E-state index is 11.6. The molecule has 2 aromatic heterocycles. The molecule has 4 nitrogen and oxygen atoms in total. The van der Waals surface area contributed by atoms with Gasteiger partial charge in [-0.25, -0.2) is 0 Å². The third kappa shape index (κ3) is 2.30. The highest BCUT2D eigenvalue weighted by Gasteiger charge is 2.12. The van der Waals surface area contributed by atoms with Crippen LogP contribution in [0.3, 0.4) is 0 Å². The first kappa shape index (κ1) is 10.0. The van der Waals surface area contributed by atoms with Gasteiger partial charge in [0.1, 0.15) is 0 Å². The van der Waals surface area contributed by atoms with Crippen molar-refractivity contribution in [2.45, 2.75) is 6.54 Å². The number of rotatable bonds is 3. The molecule has 1 amide bonds. The first-order chi connectivity index (χ1) is 7.27. The van der Waals surface area contributed by atoms with Crippen LogP contribution >= 0.6 is 15.9 Å². The number of H-pyrrole nitrogens is 1. The van der Waals surface area contributed by atoms with E-state index in [0.717, 1.165) is 5.56 Å². The molecule has 2 rings (SSSR count). The number of amides is 1. The molecule has 0 aliphatic heterocycles. The predicted octanol–water partition coefficient (Wildman–Crippen LogP) is 2.30. The molecule has 0 atom stereocenters. The van der Waals surface area contributed by atoms with Crippen molar-refractivity contribution >= 4 is 21.8 Å². The summed E-state index contributed by atoms with van der Waals surface area (Å²) in [6, 6.07) is 3.59. The molecule has 0 aliphatic rings. The number of aromatic amines is 1. The van der Waals surface area contributed by atoms with E-state index in [1.165, 1.54) is 6.26 Å². The van der Waals surface area contributed by atoms with E-state index in [1.807, 2.05) is 18.5 Å². The first-order valence-electron chi connectivity index (χ1n) is 4.40. The van der Waals surface area contributed by atoms with Crippen LogP contribution in [0.25, 0.3) is 0 Å². The molecule has 2 heterocycles. The Balaban J connectivity index is 1.96. The van der Waals surface area contributed by atoms with Gasteiger partial charge in [0.15, 0.2) is 0 Å². The minimum atomic E-state index is -0.229. The molecule has 0 aliphatic carbocycles. The average Bonchev–Trinajstić information content (AvgIpc) is 2.84. The fraction of sp³-hybridized carbons (Fsp3) is 0.100. The quantitative estimate of drug-likeness (QED) is 0.898. The summed E-state index contributed by atoms with van der Waals surface area (Å²) >= 11 is 3.22. The molecule has 0 unspecified atom stereocenters. The summed E-state index contributed by atoms with van der Waals surface area (Å²) in [5.41, 5.74) is 1.02. The maximum Gasteiger partial charge on any atom is 0.288 e. The highest BCUT2D eigenvalue weighted by molar-refractivity contribution is 9.10. The Hall–Kier alpha value is -1.49. The molecule has 0 spiro atoms. The fourth-order valence-electron chi connectivity index (χ4n) is 1.19. The van der Waals surface area contributed by atoms with Crippen LogP contribution in [0.2, 0.25) is 0 Å². The van der Waals surface area contributed by atoms with Crippen LogP contribution in [0, 0.1) is 0 Å². The number of halogens is 1. The van der Waals surface area contributed by atoms with E-state index in [4.69, 9.17) is 4.42 Å². The number of hydrogen-bond donors (Lipinski definition) is 2. The predicted molar refractivity (Wildman–Crippen MR) is 58.4 cm³/mol. The zero-order valence-electron chi connectivity index (χ0n) is 7.79. The second-order valence-corrected chi connectivity index (χ2v) is 3.85. The standard InChI is InChI=1S/C10H9BrN2O2/c11-8-2-4-15-9(8)10(14)13-6-7-1-3-12-5-7/h1-5,12H,6H2,(H,13,14). The second-order valence-electron chi connectivity index (χ2n) is 3.00. The lowest BCUT2D eigenvalue weighted by molar-refractivity contribution is 0.0922. The molecule has 0 bridgehead atoms. The fourth-order valence-corrected chi connectivity index (χ4v) is 1.57. The van der Waals surface area contributed by atoms with E-state index in [-0.39, 0.29) is 5.91 Å². The van der Waals surface area contributed by atoms with Crippen LogP contribution in [0.15, 0.2) is 39.7 Å². The Bertz CT molecular complexity index is 448. The number of furan rings is 1. The molecule has 0 saturated carbocycles. The number of hydrogen-bond acceptors (Lipinski definition) is 2.